The fourth-order valence-corrected chi connectivity index (χ4v) is 8.40. The molecule has 0 aliphatic carbocycles. The first-order chi connectivity index (χ1) is 33.1. The molecule has 352 valence electrons. The van der Waals surface area contributed by atoms with Crippen LogP contribution < -0.4 is 4.74 Å². The molecule has 0 N–H and O–H groups in total. The minimum absolute atomic E-state index is 0.0664. The lowest BCUT2D eigenvalue weighted by Crippen LogP contribution is -2.66. The summed E-state index contributed by atoms with van der Waals surface area (Å²) in [5.74, 6) is 0.732. The molecule has 14 nitrogen and oxygen atoms in total. The number of benzene rings is 5. The van der Waals surface area contributed by atoms with Gasteiger partial charge in [-0.2, -0.15) is 0 Å². The number of nitrogens with zero attached hydrogens (tertiary/aromatic N) is 3. The lowest BCUT2D eigenvalue weighted by Gasteiger charge is -2.51. The van der Waals surface area contributed by atoms with Crippen LogP contribution in [0.15, 0.2) is 163 Å². The van der Waals surface area contributed by atoms with E-state index >= 15 is 0 Å². The van der Waals surface area contributed by atoms with Crippen molar-refractivity contribution in [3.63, 3.8) is 0 Å². The average molecular weight is 914 g/mol. The molecule has 3 saturated heterocycles. The summed E-state index contributed by atoms with van der Waals surface area (Å²) in [6, 6.07) is 46.0. The topological polar surface area (TPSA) is 150 Å². The molecule has 3 aliphatic heterocycles. The van der Waals surface area contributed by atoms with Crippen LogP contribution in [0.1, 0.15) is 46.9 Å². The average Bonchev–Trinajstić information content (AvgIpc) is 3.38. The molecule has 5 aromatic rings. The molecule has 14 heteroatoms. The van der Waals surface area contributed by atoms with Crippen molar-refractivity contribution < 1.29 is 52.1 Å². The van der Waals surface area contributed by atoms with Crippen molar-refractivity contribution >= 4 is 0 Å². The van der Waals surface area contributed by atoms with E-state index in [4.69, 9.17) is 52.1 Å². The molecule has 0 aromatic heterocycles. The number of methoxy groups -OCH3 is 1. The third-order valence-corrected chi connectivity index (χ3v) is 11.8. The third kappa shape index (κ3) is 13.2. The van der Waals surface area contributed by atoms with E-state index in [1.54, 1.807) is 7.11 Å². The van der Waals surface area contributed by atoms with Gasteiger partial charge >= 0.3 is 0 Å². The molecule has 11 atom stereocenters. The Kier molecular flexibility index (Phi) is 18.0. The van der Waals surface area contributed by atoms with Gasteiger partial charge in [0.2, 0.25) is 0 Å². The number of rotatable bonds is 23. The minimum atomic E-state index is -1.11. The van der Waals surface area contributed by atoms with E-state index in [2.05, 4.69) is 16.6 Å². The van der Waals surface area contributed by atoms with E-state index in [1.165, 1.54) is 0 Å². The van der Waals surface area contributed by atoms with E-state index in [0.29, 0.717) is 19.6 Å². The van der Waals surface area contributed by atoms with Crippen LogP contribution in [0.3, 0.4) is 0 Å². The van der Waals surface area contributed by atoms with Gasteiger partial charge in [-0.15, -0.1) is 6.58 Å². The maximum absolute atomic E-state index is 10.1. The van der Waals surface area contributed by atoms with Crippen molar-refractivity contribution in [2.24, 2.45) is 5.11 Å². The monoisotopic (exact) mass is 913 g/mol. The van der Waals surface area contributed by atoms with Crippen LogP contribution in [0.2, 0.25) is 0 Å². The number of allylic oxidation sites excluding steroid dienone is 1. The Morgan fingerprint density at radius 1 is 0.642 bits per heavy atom. The SMILES string of the molecule is C=CCCCO[C@@H]1O[C@H](COCc2ccccc2)[C@@H](O[C@@H]2O[C@@H]3CO[C@@H](c4ccccc4)O[C@H]3[C@H](OCc3ccc(OC)cc3)[C@@H]2OCc2ccccc2)[C@H](OCc2ccccc2)[C@H]1N=[N+]=[N-]. The van der Waals surface area contributed by atoms with E-state index in [-0.39, 0.29) is 33.0 Å². The number of hydrogen-bond acceptors (Lipinski definition) is 12. The number of unbranched alkanes of at least 4 members (excludes halogenated alkanes) is 1. The van der Waals surface area contributed by atoms with Gasteiger partial charge in [-0.1, -0.05) is 145 Å². The van der Waals surface area contributed by atoms with Crippen LogP contribution in [0.5, 0.6) is 5.75 Å². The molecule has 3 aliphatic rings. The van der Waals surface area contributed by atoms with Crippen molar-refractivity contribution in [1.82, 2.24) is 0 Å². The molecule has 3 fully saturated rings. The Morgan fingerprint density at radius 2 is 1.22 bits per heavy atom. The number of hydrogen-bond donors (Lipinski definition) is 0. The summed E-state index contributed by atoms with van der Waals surface area (Å²) in [5, 5.41) is 4.27. The zero-order chi connectivity index (χ0) is 46.0. The van der Waals surface area contributed by atoms with Crippen LogP contribution in [0.25, 0.3) is 10.4 Å². The fraction of sp³-hybridized carbons (Fsp3) is 0.396. The summed E-state index contributed by atoms with van der Waals surface area (Å²) in [7, 11) is 1.63. The van der Waals surface area contributed by atoms with Crippen LogP contribution in [0.4, 0.5) is 0 Å². The Bertz CT molecular complexity index is 2260. The van der Waals surface area contributed by atoms with E-state index in [9.17, 15) is 5.53 Å². The van der Waals surface area contributed by atoms with E-state index in [0.717, 1.165) is 40.0 Å². The molecule has 0 unspecified atom stereocenters. The molecule has 0 bridgehead atoms. The molecule has 0 saturated carbocycles. The van der Waals surface area contributed by atoms with E-state index < -0.39 is 67.6 Å². The Morgan fingerprint density at radius 3 is 1.84 bits per heavy atom. The van der Waals surface area contributed by atoms with Gasteiger partial charge in [-0.25, -0.2) is 0 Å². The molecule has 0 radical (unpaired) electrons. The highest BCUT2D eigenvalue weighted by molar-refractivity contribution is 5.27. The zero-order valence-corrected chi connectivity index (χ0v) is 37.7. The summed E-state index contributed by atoms with van der Waals surface area (Å²) < 4.78 is 73.0. The second kappa shape index (κ2) is 25.1. The minimum Gasteiger partial charge on any atom is -0.497 e. The first-order valence-corrected chi connectivity index (χ1v) is 22.8. The summed E-state index contributed by atoms with van der Waals surface area (Å²) >= 11 is 0. The van der Waals surface area contributed by atoms with Crippen molar-refractivity contribution in [3.8, 4) is 5.75 Å². The molecule has 3 heterocycles. The largest absolute Gasteiger partial charge is 0.497 e. The predicted octanol–water partition coefficient (Wildman–Crippen LogP) is 9.58. The van der Waals surface area contributed by atoms with Gasteiger partial charge in [0.15, 0.2) is 18.9 Å². The lowest BCUT2D eigenvalue weighted by atomic mass is 9.94. The van der Waals surface area contributed by atoms with Crippen LogP contribution in [0, 0.1) is 0 Å². The normalized spacial score (nSPS) is 27.0. The van der Waals surface area contributed by atoms with Gasteiger partial charge in [0.05, 0.1) is 53.4 Å². The number of fused-ring (bicyclic) bond motifs is 1. The molecular weight excluding hydrogens is 855 g/mol. The maximum Gasteiger partial charge on any atom is 0.187 e. The van der Waals surface area contributed by atoms with Crippen LogP contribution in [-0.4, -0.2) is 88.3 Å². The molecule has 0 spiro atoms. The van der Waals surface area contributed by atoms with Crippen molar-refractivity contribution in [2.75, 3.05) is 26.9 Å². The van der Waals surface area contributed by atoms with Gasteiger partial charge < -0.3 is 52.1 Å². The summed E-state index contributed by atoms with van der Waals surface area (Å²) in [6.45, 7) is 5.30. The van der Waals surface area contributed by atoms with Gasteiger partial charge in [-0.05, 0) is 52.8 Å². The highest BCUT2D eigenvalue weighted by Gasteiger charge is 2.55. The smallest absolute Gasteiger partial charge is 0.187 e. The van der Waals surface area contributed by atoms with Gasteiger partial charge in [-0.3, -0.25) is 0 Å². The standard InChI is InChI=1S/C53H59N3O11/c1-3-4-17-30-59-52-45(55-56-54)48(60-32-38-20-11-6-12-21-38)46(43(64-52)35-58-31-37-18-9-5-10-19-37)67-53-50(62-33-39-22-13-7-14-23-39)49(61-34-40-26-28-42(57-2)29-27-40)47-44(65-53)36-63-51(66-47)41-24-15-8-16-25-41/h3,5-16,18-29,43-53H,1,4,17,30-36H2,2H3/t43-,44-,45-,46-,47-,48-,49+,50+,51-,52-,53+/m1/s1. The quantitative estimate of drug-likeness (QED) is 0.0203. The highest BCUT2D eigenvalue weighted by Crippen LogP contribution is 2.40. The Balaban J connectivity index is 1.16. The zero-order valence-electron chi connectivity index (χ0n) is 37.7. The van der Waals surface area contributed by atoms with Crippen LogP contribution in [-0.2, 0) is 73.8 Å². The third-order valence-electron chi connectivity index (χ3n) is 11.8. The molecular formula is C53H59N3O11. The first kappa shape index (κ1) is 48.0. The van der Waals surface area contributed by atoms with E-state index in [1.807, 2.05) is 152 Å². The number of azide groups is 1. The highest BCUT2D eigenvalue weighted by atomic mass is 16.8. The second-order valence-corrected chi connectivity index (χ2v) is 16.5. The lowest BCUT2D eigenvalue weighted by molar-refractivity contribution is -0.391. The Hall–Kier alpha value is -5.45. The first-order valence-electron chi connectivity index (χ1n) is 22.8. The molecule has 0 amide bonds. The van der Waals surface area contributed by atoms with Crippen LogP contribution >= 0.6 is 0 Å². The summed E-state index contributed by atoms with van der Waals surface area (Å²) in [4.78, 5) is 3.27. The number of ether oxygens (including phenoxy) is 11. The maximum atomic E-state index is 10.1. The van der Waals surface area contributed by atoms with Gasteiger partial charge in [0, 0.05) is 10.5 Å². The van der Waals surface area contributed by atoms with Gasteiger partial charge in [0.1, 0.15) is 54.5 Å². The fourth-order valence-electron chi connectivity index (χ4n) is 8.40. The van der Waals surface area contributed by atoms with Crippen molar-refractivity contribution in [1.29, 1.82) is 0 Å². The second-order valence-electron chi connectivity index (χ2n) is 16.5. The van der Waals surface area contributed by atoms with Crippen molar-refractivity contribution in [3.05, 3.63) is 197 Å². The molecule has 8 rings (SSSR count). The van der Waals surface area contributed by atoms with Crippen molar-refractivity contribution in [2.45, 2.75) is 107 Å². The Labute approximate surface area is 392 Å². The summed E-state index contributed by atoms with van der Waals surface area (Å²) in [6.07, 6.45) is -5.19. The predicted molar refractivity (Wildman–Crippen MR) is 248 cm³/mol. The molecule has 5 aromatic carbocycles. The molecule has 67 heavy (non-hydrogen) atoms. The van der Waals surface area contributed by atoms with Gasteiger partial charge in [0.25, 0.3) is 0 Å². The summed E-state index contributed by atoms with van der Waals surface area (Å²) in [5.41, 5.74) is 14.7.